The van der Waals surface area contributed by atoms with Gasteiger partial charge < -0.3 is 10.4 Å². The molecule has 0 fully saturated rings. The quantitative estimate of drug-likeness (QED) is 0.628. The summed E-state index contributed by atoms with van der Waals surface area (Å²) in [5.41, 5.74) is 2.62. The largest absolute Gasteiger partial charge is 0.384 e. The average molecular weight is 299 g/mol. The first kappa shape index (κ1) is 15.7. The van der Waals surface area contributed by atoms with Gasteiger partial charge in [0.15, 0.2) is 0 Å². The van der Waals surface area contributed by atoms with E-state index in [9.17, 15) is 5.11 Å². The fourth-order valence-electron chi connectivity index (χ4n) is 2.23. The second kappa shape index (κ2) is 7.91. The number of unbranched alkanes of at least 4 members (excludes halogenated alkanes) is 1. The van der Waals surface area contributed by atoms with Crippen LogP contribution in [0.5, 0.6) is 0 Å². The number of hydrogen-bond donors (Lipinski definition) is 2. The molecular weight excluding hydrogens is 278 g/mol. The van der Waals surface area contributed by atoms with Crippen molar-refractivity contribution in [2.75, 3.05) is 6.54 Å². The first-order valence-corrected chi connectivity index (χ1v) is 7.75. The number of aliphatic hydroxyl groups excluding tert-OH is 1. The first-order valence-electron chi connectivity index (χ1n) is 7.34. The van der Waals surface area contributed by atoms with E-state index in [2.05, 4.69) is 12.2 Å². The molecule has 1 atom stereocenters. The Kier molecular flexibility index (Phi) is 5.90. The molecule has 0 heterocycles. The number of benzene rings is 2. The molecule has 2 rings (SSSR count). The van der Waals surface area contributed by atoms with Gasteiger partial charge in [-0.15, -0.1) is 0 Å². The summed E-state index contributed by atoms with van der Waals surface area (Å²) in [4.78, 5) is 0.703. The van der Waals surface area contributed by atoms with Crippen LogP contribution in [0, 0.1) is 0 Å². The molecule has 2 N–H and O–H groups in total. The molecule has 0 radical (unpaired) electrons. The van der Waals surface area contributed by atoms with Crippen LogP contribution in [0.15, 0.2) is 54.6 Å². The lowest BCUT2D eigenvalue weighted by molar-refractivity contribution is 0.220. The van der Waals surface area contributed by atoms with E-state index >= 15 is 0 Å². The Morgan fingerprint density at radius 2 is 1.76 bits per heavy atom. The molecule has 0 aliphatic carbocycles. The Bertz CT molecular complexity index is 583. The summed E-state index contributed by atoms with van der Waals surface area (Å²) in [6.45, 7) is 3.02. The minimum atomic E-state index is -0.659. The van der Waals surface area contributed by atoms with Crippen LogP contribution in [0.2, 0.25) is 0 Å². The van der Waals surface area contributed by atoms with Crippen molar-refractivity contribution in [1.82, 2.24) is 5.32 Å². The fraction of sp³-hybridized carbons (Fsp3) is 0.278. The highest BCUT2D eigenvalue weighted by Crippen LogP contribution is 2.25. The van der Waals surface area contributed by atoms with Crippen LogP contribution in [-0.4, -0.2) is 16.6 Å². The summed E-state index contributed by atoms with van der Waals surface area (Å²) in [5, 5.41) is 13.9. The Morgan fingerprint density at radius 1 is 1.10 bits per heavy atom. The molecule has 21 heavy (non-hydrogen) atoms. The van der Waals surface area contributed by atoms with Crippen molar-refractivity contribution >= 4 is 17.2 Å². The molecule has 0 saturated heterocycles. The monoisotopic (exact) mass is 299 g/mol. The molecule has 0 bridgehead atoms. The standard InChI is InChI=1S/C18H21NOS/c1-2-3-13-19-18(21)16-12-8-7-11-15(16)17(20)14-9-5-4-6-10-14/h4-12,17,20H,2-3,13H2,1H3,(H,19,21). The van der Waals surface area contributed by atoms with E-state index in [1.807, 2.05) is 54.6 Å². The lowest BCUT2D eigenvalue weighted by atomic mass is 9.96. The molecule has 110 valence electrons. The van der Waals surface area contributed by atoms with Gasteiger partial charge in [-0.2, -0.15) is 0 Å². The van der Waals surface area contributed by atoms with E-state index in [4.69, 9.17) is 12.2 Å². The summed E-state index contributed by atoms with van der Waals surface area (Å²) in [6.07, 6.45) is 1.56. The van der Waals surface area contributed by atoms with Crippen molar-refractivity contribution in [3.05, 3.63) is 71.3 Å². The summed E-state index contributed by atoms with van der Waals surface area (Å²) < 4.78 is 0. The zero-order valence-corrected chi connectivity index (χ0v) is 13.1. The second-order valence-corrected chi connectivity index (χ2v) is 5.42. The molecule has 3 heteroatoms. The first-order chi connectivity index (χ1) is 10.2. The Labute approximate surface area is 131 Å². The van der Waals surface area contributed by atoms with E-state index < -0.39 is 6.10 Å². The molecule has 0 spiro atoms. The molecule has 2 nitrogen and oxygen atoms in total. The maximum atomic E-state index is 10.6. The molecule has 0 aliphatic heterocycles. The number of aliphatic hydroxyl groups is 1. The number of rotatable bonds is 6. The second-order valence-electron chi connectivity index (χ2n) is 5.01. The number of nitrogens with one attached hydrogen (secondary N) is 1. The molecule has 2 aromatic carbocycles. The number of thiocarbonyl (C=S) groups is 1. The highest BCUT2D eigenvalue weighted by atomic mass is 32.1. The lowest BCUT2D eigenvalue weighted by Gasteiger charge is -2.17. The average Bonchev–Trinajstić information content (AvgIpc) is 2.55. The predicted molar refractivity (Wildman–Crippen MR) is 91.6 cm³/mol. The third kappa shape index (κ3) is 4.13. The van der Waals surface area contributed by atoms with Crippen molar-refractivity contribution < 1.29 is 5.11 Å². The van der Waals surface area contributed by atoms with Gasteiger partial charge in [-0.05, 0) is 17.5 Å². The van der Waals surface area contributed by atoms with Crippen molar-refractivity contribution in [3.63, 3.8) is 0 Å². The summed E-state index contributed by atoms with van der Waals surface area (Å²) in [5.74, 6) is 0. The van der Waals surface area contributed by atoms with Crippen LogP contribution in [0.25, 0.3) is 0 Å². The SMILES string of the molecule is CCCCNC(=S)c1ccccc1C(O)c1ccccc1. The van der Waals surface area contributed by atoms with E-state index in [1.54, 1.807) is 0 Å². The highest BCUT2D eigenvalue weighted by molar-refractivity contribution is 7.80. The summed E-state index contributed by atoms with van der Waals surface area (Å²) >= 11 is 5.47. The third-order valence-corrected chi connectivity index (χ3v) is 3.80. The van der Waals surface area contributed by atoms with Gasteiger partial charge >= 0.3 is 0 Å². The Balaban J connectivity index is 2.22. The molecule has 0 aliphatic rings. The van der Waals surface area contributed by atoms with Crippen molar-refractivity contribution in [2.45, 2.75) is 25.9 Å². The van der Waals surface area contributed by atoms with Gasteiger partial charge in [0.25, 0.3) is 0 Å². The van der Waals surface area contributed by atoms with E-state index in [-0.39, 0.29) is 0 Å². The van der Waals surface area contributed by atoms with E-state index in [0.717, 1.165) is 36.1 Å². The van der Waals surface area contributed by atoms with Crippen LogP contribution >= 0.6 is 12.2 Å². The van der Waals surface area contributed by atoms with Crippen LogP contribution in [0.3, 0.4) is 0 Å². The van der Waals surface area contributed by atoms with Crippen LogP contribution in [0.1, 0.15) is 42.6 Å². The van der Waals surface area contributed by atoms with Crippen molar-refractivity contribution in [1.29, 1.82) is 0 Å². The van der Waals surface area contributed by atoms with Gasteiger partial charge in [0, 0.05) is 12.1 Å². The van der Waals surface area contributed by atoms with Gasteiger partial charge in [-0.25, -0.2) is 0 Å². The van der Waals surface area contributed by atoms with Gasteiger partial charge in [0.05, 0.1) is 0 Å². The topological polar surface area (TPSA) is 32.3 Å². The van der Waals surface area contributed by atoms with Crippen LogP contribution in [0.4, 0.5) is 0 Å². The number of hydrogen-bond acceptors (Lipinski definition) is 2. The third-order valence-electron chi connectivity index (χ3n) is 3.43. The van der Waals surface area contributed by atoms with Gasteiger partial charge in [0.1, 0.15) is 11.1 Å². The Hall–Kier alpha value is -1.71. The molecule has 0 saturated carbocycles. The molecule has 0 aromatic heterocycles. The molecule has 0 amide bonds. The zero-order chi connectivity index (χ0) is 15.1. The minimum Gasteiger partial charge on any atom is -0.384 e. The minimum absolute atomic E-state index is 0.659. The molecular formula is C18H21NOS. The maximum absolute atomic E-state index is 10.6. The lowest BCUT2D eigenvalue weighted by Crippen LogP contribution is -2.25. The Morgan fingerprint density at radius 3 is 2.48 bits per heavy atom. The fourth-order valence-corrected chi connectivity index (χ4v) is 2.52. The summed E-state index contributed by atoms with van der Waals surface area (Å²) in [7, 11) is 0. The maximum Gasteiger partial charge on any atom is 0.106 e. The van der Waals surface area contributed by atoms with E-state index in [0.29, 0.717) is 4.99 Å². The normalized spacial score (nSPS) is 11.9. The van der Waals surface area contributed by atoms with Crippen molar-refractivity contribution in [3.8, 4) is 0 Å². The molecule has 2 aromatic rings. The predicted octanol–water partition coefficient (Wildman–Crippen LogP) is 3.83. The van der Waals surface area contributed by atoms with Gasteiger partial charge in [-0.3, -0.25) is 0 Å². The van der Waals surface area contributed by atoms with Gasteiger partial charge in [0.2, 0.25) is 0 Å². The zero-order valence-electron chi connectivity index (χ0n) is 12.3. The highest BCUT2D eigenvalue weighted by Gasteiger charge is 2.16. The smallest absolute Gasteiger partial charge is 0.106 e. The van der Waals surface area contributed by atoms with Gasteiger partial charge in [-0.1, -0.05) is 80.2 Å². The van der Waals surface area contributed by atoms with Crippen molar-refractivity contribution in [2.24, 2.45) is 0 Å². The van der Waals surface area contributed by atoms with Crippen LogP contribution < -0.4 is 5.32 Å². The van der Waals surface area contributed by atoms with E-state index in [1.165, 1.54) is 0 Å². The van der Waals surface area contributed by atoms with Crippen LogP contribution in [-0.2, 0) is 0 Å². The molecule has 1 unspecified atom stereocenters. The summed E-state index contributed by atoms with van der Waals surface area (Å²) in [6, 6.07) is 17.4.